The van der Waals surface area contributed by atoms with Crippen LogP contribution >= 0.6 is 23.2 Å². The minimum absolute atomic E-state index is 0.233. The van der Waals surface area contributed by atoms with Crippen LogP contribution in [0.3, 0.4) is 0 Å². The van der Waals surface area contributed by atoms with Crippen LogP contribution in [0.15, 0.2) is 36.5 Å². The van der Waals surface area contributed by atoms with Gasteiger partial charge in [-0.3, -0.25) is 4.79 Å². The smallest absolute Gasteiger partial charge is 0.248 e. The van der Waals surface area contributed by atoms with Crippen molar-refractivity contribution in [3.8, 4) is 0 Å². The van der Waals surface area contributed by atoms with Gasteiger partial charge in [0.15, 0.2) is 0 Å². The van der Waals surface area contributed by atoms with Crippen LogP contribution in [0.1, 0.15) is 19.4 Å². The lowest BCUT2D eigenvalue weighted by molar-refractivity contribution is -0.111. The Morgan fingerprint density at radius 1 is 1.29 bits per heavy atom. The number of nitrogens with two attached hydrogens (primary N) is 1. The summed E-state index contributed by atoms with van der Waals surface area (Å²) < 4.78 is 0. The topological polar surface area (TPSA) is 80.0 Å². The van der Waals surface area contributed by atoms with Crippen molar-refractivity contribution >= 4 is 52.4 Å². The molecule has 2 rings (SSSR count). The molecular formula is C17H18Cl2N4O. The predicted molar refractivity (Wildman–Crippen MR) is 102 cm³/mol. The van der Waals surface area contributed by atoms with E-state index in [1.165, 1.54) is 18.2 Å². The summed E-state index contributed by atoms with van der Waals surface area (Å²) in [5.41, 5.74) is 7.38. The largest absolute Gasteiger partial charge is 0.397 e. The first-order valence-electron chi connectivity index (χ1n) is 7.32. The number of halogens is 2. The standard InChI is InChI=1S/C17H18Cl2N4O/c1-10(2)22-17-11(4-3-7-21-17)5-6-16(24)23-15-9-13(19)12(18)8-14(15)20/h3-10H,20H2,1-2H3,(H,21,22)(H,23,24)/b6-5+. The number of pyridine rings is 1. The van der Waals surface area contributed by atoms with Crippen molar-refractivity contribution in [2.24, 2.45) is 0 Å². The van der Waals surface area contributed by atoms with Gasteiger partial charge < -0.3 is 16.4 Å². The molecule has 7 heteroatoms. The summed E-state index contributed by atoms with van der Waals surface area (Å²) in [7, 11) is 0. The number of nitrogen functional groups attached to an aromatic ring is 1. The first-order chi connectivity index (χ1) is 11.4. The number of amides is 1. The van der Waals surface area contributed by atoms with Gasteiger partial charge in [0, 0.05) is 23.9 Å². The average molecular weight is 365 g/mol. The van der Waals surface area contributed by atoms with Crippen molar-refractivity contribution < 1.29 is 4.79 Å². The quantitative estimate of drug-likeness (QED) is 0.541. The highest BCUT2D eigenvalue weighted by atomic mass is 35.5. The molecule has 0 radical (unpaired) electrons. The van der Waals surface area contributed by atoms with Gasteiger partial charge in [-0.2, -0.15) is 0 Å². The molecular weight excluding hydrogens is 347 g/mol. The van der Waals surface area contributed by atoms with Crippen LogP contribution in [0.4, 0.5) is 17.2 Å². The zero-order valence-corrected chi connectivity index (χ0v) is 14.8. The van der Waals surface area contributed by atoms with E-state index in [9.17, 15) is 4.79 Å². The van der Waals surface area contributed by atoms with E-state index in [-0.39, 0.29) is 11.9 Å². The normalized spacial score (nSPS) is 11.0. The number of anilines is 3. The molecule has 1 aromatic heterocycles. The summed E-state index contributed by atoms with van der Waals surface area (Å²) in [6.45, 7) is 4.03. The Hall–Kier alpha value is -2.24. The maximum absolute atomic E-state index is 12.1. The number of benzene rings is 1. The molecule has 0 spiro atoms. The monoisotopic (exact) mass is 364 g/mol. The first-order valence-corrected chi connectivity index (χ1v) is 8.07. The van der Waals surface area contributed by atoms with Gasteiger partial charge in [-0.05, 0) is 44.2 Å². The number of rotatable bonds is 5. The average Bonchev–Trinajstić information content (AvgIpc) is 2.51. The summed E-state index contributed by atoms with van der Waals surface area (Å²) in [4.78, 5) is 16.4. The Bertz CT molecular complexity index is 775. The highest BCUT2D eigenvalue weighted by Crippen LogP contribution is 2.30. The maximum atomic E-state index is 12.1. The third kappa shape index (κ3) is 4.88. The van der Waals surface area contributed by atoms with Crippen LogP contribution in [0, 0.1) is 0 Å². The van der Waals surface area contributed by atoms with Gasteiger partial charge in [0.2, 0.25) is 5.91 Å². The molecule has 24 heavy (non-hydrogen) atoms. The Kier molecular flexibility index (Phi) is 6.06. The van der Waals surface area contributed by atoms with Crippen LogP contribution in [-0.2, 0) is 4.79 Å². The highest BCUT2D eigenvalue weighted by Gasteiger charge is 2.08. The van der Waals surface area contributed by atoms with Gasteiger partial charge in [-0.1, -0.05) is 23.2 Å². The van der Waals surface area contributed by atoms with Gasteiger partial charge in [0.1, 0.15) is 5.82 Å². The zero-order chi connectivity index (χ0) is 17.7. The SMILES string of the molecule is CC(C)Nc1ncccc1/C=C/C(=O)Nc1cc(Cl)c(Cl)cc1N. The van der Waals surface area contributed by atoms with Gasteiger partial charge in [-0.15, -0.1) is 0 Å². The summed E-state index contributed by atoms with van der Waals surface area (Å²) in [5, 5.41) is 6.55. The zero-order valence-electron chi connectivity index (χ0n) is 13.3. The molecule has 1 amide bonds. The summed E-state index contributed by atoms with van der Waals surface area (Å²) in [6, 6.07) is 6.92. The second-order valence-electron chi connectivity index (χ2n) is 5.42. The molecule has 0 bridgehead atoms. The van der Waals surface area contributed by atoms with E-state index < -0.39 is 0 Å². The number of aromatic nitrogens is 1. The molecule has 1 heterocycles. The van der Waals surface area contributed by atoms with Crippen molar-refractivity contribution in [3.63, 3.8) is 0 Å². The summed E-state index contributed by atoms with van der Waals surface area (Å²) in [5.74, 6) is 0.380. The second-order valence-corrected chi connectivity index (χ2v) is 6.23. The Morgan fingerprint density at radius 2 is 2.00 bits per heavy atom. The highest BCUT2D eigenvalue weighted by molar-refractivity contribution is 6.42. The molecule has 0 aliphatic heterocycles. The van der Waals surface area contributed by atoms with E-state index in [1.54, 1.807) is 18.3 Å². The Labute approximate surface area is 150 Å². The van der Waals surface area contributed by atoms with Gasteiger partial charge in [0.05, 0.1) is 21.4 Å². The fourth-order valence-electron chi connectivity index (χ4n) is 1.96. The van der Waals surface area contributed by atoms with E-state index in [1.807, 2.05) is 19.9 Å². The fourth-order valence-corrected chi connectivity index (χ4v) is 2.29. The van der Waals surface area contributed by atoms with Gasteiger partial charge >= 0.3 is 0 Å². The molecule has 0 unspecified atom stereocenters. The van der Waals surface area contributed by atoms with Crippen molar-refractivity contribution in [1.82, 2.24) is 4.98 Å². The second kappa shape index (κ2) is 8.04. The number of hydrogen-bond donors (Lipinski definition) is 3. The van der Waals surface area contributed by atoms with Crippen molar-refractivity contribution in [2.75, 3.05) is 16.4 Å². The predicted octanol–water partition coefficient (Wildman–Crippen LogP) is 4.44. The van der Waals surface area contributed by atoms with Crippen LogP contribution in [0.25, 0.3) is 6.08 Å². The molecule has 4 N–H and O–H groups in total. The third-order valence-electron chi connectivity index (χ3n) is 3.03. The van der Waals surface area contributed by atoms with E-state index in [4.69, 9.17) is 28.9 Å². The van der Waals surface area contributed by atoms with Crippen LogP contribution in [0.5, 0.6) is 0 Å². The minimum atomic E-state index is -0.334. The lowest BCUT2D eigenvalue weighted by Crippen LogP contribution is -2.12. The molecule has 0 atom stereocenters. The van der Waals surface area contributed by atoms with E-state index in [0.29, 0.717) is 27.2 Å². The van der Waals surface area contributed by atoms with Gasteiger partial charge in [0.25, 0.3) is 0 Å². The molecule has 0 saturated heterocycles. The molecule has 0 fully saturated rings. The molecule has 1 aromatic carbocycles. The number of hydrogen-bond acceptors (Lipinski definition) is 4. The molecule has 2 aromatic rings. The summed E-state index contributed by atoms with van der Waals surface area (Å²) in [6.07, 6.45) is 4.78. The van der Waals surface area contributed by atoms with E-state index in [0.717, 1.165) is 5.56 Å². The van der Waals surface area contributed by atoms with E-state index in [2.05, 4.69) is 15.6 Å². The maximum Gasteiger partial charge on any atom is 0.248 e. The number of carbonyl (C=O) groups is 1. The molecule has 126 valence electrons. The van der Waals surface area contributed by atoms with Crippen molar-refractivity contribution in [3.05, 3.63) is 52.1 Å². The lowest BCUT2D eigenvalue weighted by atomic mass is 10.2. The van der Waals surface area contributed by atoms with Crippen LogP contribution in [0.2, 0.25) is 10.0 Å². The molecule has 5 nitrogen and oxygen atoms in total. The number of carbonyl (C=O) groups excluding carboxylic acids is 1. The number of nitrogens with one attached hydrogen (secondary N) is 2. The number of nitrogens with zero attached hydrogens (tertiary/aromatic N) is 1. The third-order valence-corrected chi connectivity index (χ3v) is 3.75. The van der Waals surface area contributed by atoms with Crippen LogP contribution < -0.4 is 16.4 Å². The van der Waals surface area contributed by atoms with Crippen molar-refractivity contribution in [1.29, 1.82) is 0 Å². The van der Waals surface area contributed by atoms with Crippen LogP contribution in [-0.4, -0.2) is 16.9 Å². The van der Waals surface area contributed by atoms with Crippen molar-refractivity contribution in [2.45, 2.75) is 19.9 Å². The first kappa shape index (κ1) is 18.1. The fraction of sp³-hybridized carbons (Fsp3) is 0.176. The molecule has 0 aliphatic carbocycles. The molecule has 0 aliphatic rings. The lowest BCUT2D eigenvalue weighted by Gasteiger charge is -2.11. The Balaban J connectivity index is 2.13. The minimum Gasteiger partial charge on any atom is -0.397 e. The molecule has 0 saturated carbocycles. The Morgan fingerprint density at radius 3 is 2.71 bits per heavy atom. The summed E-state index contributed by atoms with van der Waals surface area (Å²) >= 11 is 11.8. The van der Waals surface area contributed by atoms with Gasteiger partial charge in [-0.25, -0.2) is 4.98 Å². The van der Waals surface area contributed by atoms with E-state index >= 15 is 0 Å².